The van der Waals surface area contributed by atoms with E-state index in [1.54, 1.807) is 0 Å². The number of unbranched alkanes of at least 4 members (excludes halogenated alkanes) is 6. The van der Waals surface area contributed by atoms with Crippen LogP contribution in [0, 0.1) is 5.41 Å². The van der Waals surface area contributed by atoms with Crippen LogP contribution in [-0.2, 0) is 20.2 Å². The Labute approximate surface area is 133 Å². The van der Waals surface area contributed by atoms with Gasteiger partial charge in [0.05, 0.1) is 12.0 Å². The number of rotatable bonds is 11. The zero-order valence-corrected chi connectivity index (χ0v) is 14.6. The molecule has 0 aliphatic rings. The van der Waals surface area contributed by atoms with Crippen molar-refractivity contribution in [3.8, 4) is 0 Å². The third-order valence-electron chi connectivity index (χ3n) is 3.23. The Hall–Kier alpha value is -0.720. The highest BCUT2D eigenvalue weighted by molar-refractivity contribution is 7.73. The highest BCUT2D eigenvalue weighted by Gasteiger charge is 2.31. The summed E-state index contributed by atoms with van der Waals surface area (Å²) in [6.07, 6.45) is 4.66. The molecule has 0 aliphatic carbocycles. The molecule has 7 heteroatoms. The van der Waals surface area contributed by atoms with E-state index in [1.165, 1.54) is 0 Å². The average Bonchev–Trinajstić information content (AvgIpc) is 2.39. The van der Waals surface area contributed by atoms with Gasteiger partial charge in [-0.15, -0.1) is 0 Å². The minimum absolute atomic E-state index is 0.204. The molecular formula is C15H28F2O4S. The molecule has 0 rings (SSSR count). The van der Waals surface area contributed by atoms with E-state index >= 15 is 0 Å². The number of hydrogen-bond donors (Lipinski definition) is 1. The van der Waals surface area contributed by atoms with Gasteiger partial charge in [0.2, 0.25) is 10.7 Å². The monoisotopic (exact) mass is 342 g/mol. The van der Waals surface area contributed by atoms with E-state index in [2.05, 4.69) is 0 Å². The van der Waals surface area contributed by atoms with Crippen LogP contribution in [0.15, 0.2) is 0 Å². The summed E-state index contributed by atoms with van der Waals surface area (Å²) in [7, 11) is -3.67. The third-order valence-corrected chi connectivity index (χ3v) is 3.99. The molecule has 0 amide bonds. The second kappa shape index (κ2) is 10.1. The van der Waals surface area contributed by atoms with Gasteiger partial charge in [-0.2, -0.15) is 8.78 Å². The van der Waals surface area contributed by atoms with E-state index < -0.39 is 27.8 Å². The lowest BCUT2D eigenvalue weighted by molar-refractivity contribution is -0.153. The fourth-order valence-electron chi connectivity index (χ4n) is 1.80. The fourth-order valence-corrected chi connectivity index (χ4v) is 2.14. The molecule has 0 radical (unpaired) electrons. The standard InChI is InChI=1S/C15H28F2O4S/c1-14(2,3)13(18)21-12-10-8-6-4-5-7-9-11-15(16,17)22(19)20/h22H,4-12H2,1-3H3. The SMILES string of the molecule is CC(C)(C)C(=O)OCCCCCCCCCC(F)(F)[SH](=O)=O. The molecule has 0 aliphatic heterocycles. The molecule has 0 spiro atoms. The molecule has 0 atom stereocenters. The summed E-state index contributed by atoms with van der Waals surface area (Å²) in [5.74, 6) is -0.204. The van der Waals surface area contributed by atoms with Gasteiger partial charge in [-0.3, -0.25) is 4.79 Å². The maximum absolute atomic E-state index is 12.8. The summed E-state index contributed by atoms with van der Waals surface area (Å²) in [6, 6.07) is 0. The predicted molar refractivity (Wildman–Crippen MR) is 82.6 cm³/mol. The van der Waals surface area contributed by atoms with E-state index in [1.807, 2.05) is 20.8 Å². The van der Waals surface area contributed by atoms with Crippen molar-refractivity contribution in [2.75, 3.05) is 6.61 Å². The zero-order valence-electron chi connectivity index (χ0n) is 13.7. The van der Waals surface area contributed by atoms with Crippen molar-refractivity contribution >= 4 is 16.7 Å². The molecular weight excluding hydrogens is 314 g/mol. The first kappa shape index (κ1) is 21.3. The number of ether oxygens (including phenoxy) is 1. The Morgan fingerprint density at radius 1 is 0.909 bits per heavy atom. The van der Waals surface area contributed by atoms with Gasteiger partial charge in [0.25, 0.3) is 0 Å². The lowest BCUT2D eigenvalue weighted by Gasteiger charge is -2.16. The molecule has 0 aromatic carbocycles. The Morgan fingerprint density at radius 2 is 1.36 bits per heavy atom. The smallest absolute Gasteiger partial charge is 0.343 e. The van der Waals surface area contributed by atoms with E-state index in [0.717, 1.165) is 32.1 Å². The van der Waals surface area contributed by atoms with Gasteiger partial charge in [0, 0.05) is 6.42 Å². The third kappa shape index (κ3) is 10.1. The van der Waals surface area contributed by atoms with Crippen molar-refractivity contribution in [2.24, 2.45) is 5.41 Å². The highest BCUT2D eigenvalue weighted by Crippen LogP contribution is 2.23. The highest BCUT2D eigenvalue weighted by atomic mass is 32.2. The van der Waals surface area contributed by atoms with Crippen LogP contribution < -0.4 is 0 Å². The zero-order chi connectivity index (χ0) is 17.2. The van der Waals surface area contributed by atoms with E-state index in [9.17, 15) is 22.0 Å². The van der Waals surface area contributed by atoms with E-state index in [4.69, 9.17) is 4.74 Å². The molecule has 22 heavy (non-hydrogen) atoms. The first-order valence-electron chi connectivity index (χ1n) is 7.77. The number of alkyl halides is 2. The van der Waals surface area contributed by atoms with E-state index in [0.29, 0.717) is 13.0 Å². The van der Waals surface area contributed by atoms with Crippen LogP contribution in [0.3, 0.4) is 0 Å². The Morgan fingerprint density at radius 3 is 1.82 bits per heavy atom. The summed E-state index contributed by atoms with van der Waals surface area (Å²) in [5, 5.41) is -3.56. The molecule has 0 saturated carbocycles. The Kier molecular flexibility index (Phi) is 9.80. The number of thiol groups is 1. The van der Waals surface area contributed by atoms with Crippen molar-refractivity contribution in [1.29, 1.82) is 0 Å². The van der Waals surface area contributed by atoms with Gasteiger partial charge < -0.3 is 4.74 Å². The number of halogens is 2. The Bertz CT molecular complexity index is 393. The molecule has 0 heterocycles. The summed E-state index contributed by atoms with van der Waals surface area (Å²) < 4.78 is 51.2. The largest absolute Gasteiger partial charge is 0.465 e. The van der Waals surface area contributed by atoms with Crippen molar-refractivity contribution < 1.29 is 26.7 Å². The topological polar surface area (TPSA) is 60.4 Å². The summed E-state index contributed by atoms with van der Waals surface area (Å²) >= 11 is 0. The first-order chi connectivity index (χ1) is 10.1. The predicted octanol–water partition coefficient (Wildman–Crippen LogP) is 3.90. The van der Waals surface area contributed by atoms with E-state index in [-0.39, 0.29) is 12.4 Å². The number of carbonyl (C=O) groups excluding carboxylic acids is 1. The van der Waals surface area contributed by atoms with Gasteiger partial charge >= 0.3 is 11.2 Å². The minimum Gasteiger partial charge on any atom is -0.465 e. The molecule has 0 bridgehead atoms. The van der Waals surface area contributed by atoms with Crippen molar-refractivity contribution in [1.82, 2.24) is 0 Å². The van der Waals surface area contributed by atoms with Crippen molar-refractivity contribution in [2.45, 2.75) is 77.4 Å². The lowest BCUT2D eigenvalue weighted by Crippen LogP contribution is -2.23. The molecule has 0 fully saturated rings. The second-order valence-electron chi connectivity index (χ2n) is 6.53. The summed E-state index contributed by atoms with van der Waals surface area (Å²) in [6.45, 7) is 5.84. The molecule has 4 nitrogen and oxygen atoms in total. The van der Waals surface area contributed by atoms with Crippen LogP contribution in [0.2, 0.25) is 0 Å². The number of carbonyl (C=O) groups is 1. The molecule has 0 aromatic rings. The second-order valence-corrected chi connectivity index (χ2v) is 7.70. The quantitative estimate of drug-likeness (QED) is 0.351. The lowest BCUT2D eigenvalue weighted by atomic mass is 9.97. The fraction of sp³-hybridized carbons (Fsp3) is 0.933. The molecule has 132 valence electrons. The van der Waals surface area contributed by atoms with Crippen LogP contribution >= 0.6 is 0 Å². The molecule has 0 aromatic heterocycles. The van der Waals surface area contributed by atoms with Gasteiger partial charge in [-0.25, -0.2) is 8.42 Å². The van der Waals surface area contributed by atoms with Gasteiger partial charge in [-0.05, 0) is 33.6 Å². The Balaban J connectivity index is 3.44. The van der Waals surface area contributed by atoms with Crippen LogP contribution in [0.4, 0.5) is 8.78 Å². The van der Waals surface area contributed by atoms with Gasteiger partial charge in [0.1, 0.15) is 0 Å². The number of hydrogen-bond acceptors (Lipinski definition) is 4. The van der Waals surface area contributed by atoms with Crippen LogP contribution in [0.5, 0.6) is 0 Å². The summed E-state index contributed by atoms with van der Waals surface area (Å²) in [4.78, 5) is 11.5. The average molecular weight is 342 g/mol. The molecule has 0 unspecified atom stereocenters. The maximum atomic E-state index is 12.8. The molecule has 0 saturated heterocycles. The van der Waals surface area contributed by atoms with Crippen LogP contribution in [0.25, 0.3) is 0 Å². The van der Waals surface area contributed by atoms with Gasteiger partial charge in [0.15, 0.2) is 0 Å². The van der Waals surface area contributed by atoms with Crippen molar-refractivity contribution in [3.63, 3.8) is 0 Å². The molecule has 0 N–H and O–H groups in total. The van der Waals surface area contributed by atoms with Crippen LogP contribution in [-0.4, -0.2) is 26.2 Å². The first-order valence-corrected chi connectivity index (χ1v) is 8.94. The van der Waals surface area contributed by atoms with Gasteiger partial charge in [-0.1, -0.05) is 32.1 Å². The van der Waals surface area contributed by atoms with Crippen LogP contribution in [0.1, 0.15) is 72.1 Å². The maximum Gasteiger partial charge on any atom is 0.343 e. The van der Waals surface area contributed by atoms with Crippen molar-refractivity contribution in [3.05, 3.63) is 0 Å². The minimum atomic E-state index is -3.67. The number of esters is 1. The summed E-state index contributed by atoms with van der Waals surface area (Å²) in [5.41, 5.74) is -0.476. The normalized spacial score (nSPS) is 12.6.